The number of nitrogens with zero attached hydrogens (tertiary/aromatic N) is 2. The Morgan fingerprint density at radius 1 is 0.815 bits per heavy atom. The van der Waals surface area contributed by atoms with Crippen LogP contribution in [0.2, 0.25) is 0 Å². The SMILES string of the molecule is CC(c1ccccc1)c1nnc(SCc2ccccc2-c2ccccc2)o1. The smallest absolute Gasteiger partial charge is 0.276 e. The fraction of sp³-hybridized carbons (Fsp3) is 0.130. The van der Waals surface area contributed by atoms with Gasteiger partial charge >= 0.3 is 0 Å². The lowest BCUT2D eigenvalue weighted by atomic mass is 10.0. The molecule has 0 bridgehead atoms. The summed E-state index contributed by atoms with van der Waals surface area (Å²) in [5, 5.41) is 9.08. The van der Waals surface area contributed by atoms with Crippen LogP contribution in [-0.4, -0.2) is 10.2 Å². The molecule has 1 aromatic heterocycles. The van der Waals surface area contributed by atoms with E-state index in [-0.39, 0.29) is 5.92 Å². The second-order valence-corrected chi connectivity index (χ2v) is 7.28. The molecule has 0 aliphatic carbocycles. The zero-order valence-electron chi connectivity index (χ0n) is 15.1. The van der Waals surface area contributed by atoms with Gasteiger partial charge in [0, 0.05) is 5.75 Å². The molecule has 0 radical (unpaired) electrons. The third-order valence-electron chi connectivity index (χ3n) is 4.55. The minimum Gasteiger partial charge on any atom is -0.415 e. The molecule has 0 N–H and O–H groups in total. The molecule has 134 valence electrons. The monoisotopic (exact) mass is 372 g/mol. The quantitative estimate of drug-likeness (QED) is 0.379. The van der Waals surface area contributed by atoms with Gasteiger partial charge in [-0.1, -0.05) is 96.7 Å². The molecule has 0 amide bonds. The van der Waals surface area contributed by atoms with E-state index in [1.54, 1.807) is 11.8 Å². The third kappa shape index (κ3) is 4.12. The number of benzene rings is 3. The van der Waals surface area contributed by atoms with Crippen molar-refractivity contribution in [2.75, 3.05) is 0 Å². The second-order valence-electron chi connectivity index (χ2n) is 6.35. The average molecular weight is 372 g/mol. The molecule has 1 unspecified atom stereocenters. The molecule has 0 fully saturated rings. The van der Waals surface area contributed by atoms with E-state index in [0.717, 1.165) is 5.75 Å². The van der Waals surface area contributed by atoms with Crippen LogP contribution in [0.3, 0.4) is 0 Å². The molecule has 4 aromatic rings. The highest BCUT2D eigenvalue weighted by Gasteiger charge is 2.16. The van der Waals surface area contributed by atoms with Gasteiger partial charge in [0.2, 0.25) is 5.89 Å². The van der Waals surface area contributed by atoms with E-state index in [1.807, 2.05) is 24.3 Å². The minimum atomic E-state index is 0.0876. The lowest BCUT2D eigenvalue weighted by molar-refractivity contribution is 0.404. The number of hydrogen-bond acceptors (Lipinski definition) is 4. The van der Waals surface area contributed by atoms with Gasteiger partial charge in [0.1, 0.15) is 0 Å². The molecule has 0 aliphatic heterocycles. The van der Waals surface area contributed by atoms with Crippen molar-refractivity contribution in [1.82, 2.24) is 10.2 Å². The molecular formula is C23H20N2OS. The van der Waals surface area contributed by atoms with Crippen LogP contribution in [0.1, 0.15) is 29.9 Å². The first kappa shape index (κ1) is 17.6. The molecule has 27 heavy (non-hydrogen) atoms. The fourth-order valence-electron chi connectivity index (χ4n) is 3.02. The van der Waals surface area contributed by atoms with Crippen LogP contribution in [-0.2, 0) is 5.75 Å². The maximum Gasteiger partial charge on any atom is 0.276 e. The average Bonchev–Trinajstić information content (AvgIpc) is 3.22. The molecule has 0 saturated carbocycles. The summed E-state index contributed by atoms with van der Waals surface area (Å²) in [7, 11) is 0. The number of rotatable bonds is 6. The molecule has 4 heteroatoms. The first-order valence-electron chi connectivity index (χ1n) is 8.96. The molecular weight excluding hydrogens is 352 g/mol. The molecule has 0 spiro atoms. The first-order valence-corrected chi connectivity index (χ1v) is 9.94. The van der Waals surface area contributed by atoms with Crippen LogP contribution in [0.5, 0.6) is 0 Å². The van der Waals surface area contributed by atoms with Crippen molar-refractivity contribution >= 4 is 11.8 Å². The van der Waals surface area contributed by atoms with E-state index in [2.05, 4.69) is 77.8 Å². The molecule has 1 heterocycles. The van der Waals surface area contributed by atoms with Crippen molar-refractivity contribution in [2.24, 2.45) is 0 Å². The van der Waals surface area contributed by atoms with Gasteiger partial charge in [0.25, 0.3) is 5.22 Å². The minimum absolute atomic E-state index is 0.0876. The highest BCUT2D eigenvalue weighted by Crippen LogP contribution is 2.31. The van der Waals surface area contributed by atoms with Crippen LogP contribution >= 0.6 is 11.8 Å². The zero-order chi connectivity index (χ0) is 18.5. The summed E-state index contributed by atoms with van der Waals surface area (Å²) < 4.78 is 5.91. The van der Waals surface area contributed by atoms with Crippen molar-refractivity contribution in [3.63, 3.8) is 0 Å². The second kappa shape index (κ2) is 8.23. The summed E-state index contributed by atoms with van der Waals surface area (Å²) in [5.74, 6) is 1.52. The van der Waals surface area contributed by atoms with E-state index in [4.69, 9.17) is 4.42 Å². The van der Waals surface area contributed by atoms with Crippen molar-refractivity contribution in [2.45, 2.75) is 23.8 Å². The van der Waals surface area contributed by atoms with Gasteiger partial charge in [-0.05, 0) is 29.2 Å². The van der Waals surface area contributed by atoms with Crippen LogP contribution in [0.15, 0.2) is 94.6 Å². The van der Waals surface area contributed by atoms with E-state index < -0.39 is 0 Å². The normalized spacial score (nSPS) is 12.0. The molecule has 0 aliphatic rings. The summed E-state index contributed by atoms with van der Waals surface area (Å²) in [6, 6.07) is 29.1. The van der Waals surface area contributed by atoms with Gasteiger partial charge in [0.15, 0.2) is 0 Å². The van der Waals surface area contributed by atoms with Crippen molar-refractivity contribution in [3.8, 4) is 11.1 Å². The van der Waals surface area contributed by atoms with Gasteiger partial charge in [-0.15, -0.1) is 10.2 Å². The lowest BCUT2D eigenvalue weighted by Gasteiger charge is -2.08. The van der Waals surface area contributed by atoms with Gasteiger partial charge in [0.05, 0.1) is 5.92 Å². The Morgan fingerprint density at radius 3 is 2.26 bits per heavy atom. The van der Waals surface area contributed by atoms with E-state index >= 15 is 0 Å². The predicted octanol–water partition coefficient (Wildman–Crippen LogP) is 6.18. The molecule has 3 nitrogen and oxygen atoms in total. The summed E-state index contributed by atoms with van der Waals surface area (Å²) >= 11 is 1.58. The number of thioether (sulfide) groups is 1. The Kier molecular flexibility index (Phi) is 5.35. The summed E-state index contributed by atoms with van der Waals surface area (Å²) in [5.41, 5.74) is 4.89. The van der Waals surface area contributed by atoms with E-state index in [9.17, 15) is 0 Å². The van der Waals surface area contributed by atoms with Crippen LogP contribution in [0, 0.1) is 0 Å². The largest absolute Gasteiger partial charge is 0.415 e. The first-order chi connectivity index (χ1) is 13.3. The predicted molar refractivity (Wildman–Crippen MR) is 110 cm³/mol. The maximum absolute atomic E-state index is 5.91. The van der Waals surface area contributed by atoms with Crippen LogP contribution < -0.4 is 0 Å². The summed E-state index contributed by atoms with van der Waals surface area (Å²) in [4.78, 5) is 0. The Bertz CT molecular complexity index is 999. The summed E-state index contributed by atoms with van der Waals surface area (Å²) in [6.07, 6.45) is 0. The topological polar surface area (TPSA) is 38.9 Å². The highest BCUT2D eigenvalue weighted by molar-refractivity contribution is 7.98. The van der Waals surface area contributed by atoms with Crippen molar-refractivity contribution < 1.29 is 4.42 Å². The Balaban J connectivity index is 1.49. The van der Waals surface area contributed by atoms with Gasteiger partial charge < -0.3 is 4.42 Å². The van der Waals surface area contributed by atoms with Crippen LogP contribution in [0.25, 0.3) is 11.1 Å². The van der Waals surface area contributed by atoms with E-state index in [1.165, 1.54) is 22.3 Å². The van der Waals surface area contributed by atoms with Gasteiger partial charge in [-0.3, -0.25) is 0 Å². The van der Waals surface area contributed by atoms with Crippen molar-refractivity contribution in [3.05, 3.63) is 102 Å². The molecule has 1 atom stereocenters. The zero-order valence-corrected chi connectivity index (χ0v) is 15.9. The molecule has 3 aromatic carbocycles. The highest BCUT2D eigenvalue weighted by atomic mass is 32.2. The Hall–Kier alpha value is -2.85. The third-order valence-corrected chi connectivity index (χ3v) is 5.41. The molecule has 0 saturated heterocycles. The lowest BCUT2D eigenvalue weighted by Crippen LogP contribution is -1.95. The maximum atomic E-state index is 5.91. The van der Waals surface area contributed by atoms with Gasteiger partial charge in [-0.2, -0.15) is 0 Å². The number of aromatic nitrogens is 2. The van der Waals surface area contributed by atoms with Gasteiger partial charge in [-0.25, -0.2) is 0 Å². The van der Waals surface area contributed by atoms with E-state index in [0.29, 0.717) is 11.1 Å². The number of hydrogen-bond donors (Lipinski definition) is 0. The standard InChI is InChI=1S/C23H20N2OS/c1-17(18-10-4-2-5-11-18)22-24-25-23(26-22)27-16-20-14-8-9-15-21(20)19-12-6-3-7-13-19/h2-15,17H,16H2,1H3. The van der Waals surface area contributed by atoms with Crippen LogP contribution in [0.4, 0.5) is 0 Å². The summed E-state index contributed by atoms with van der Waals surface area (Å²) in [6.45, 7) is 2.09. The Labute approximate surface area is 163 Å². The Morgan fingerprint density at radius 2 is 1.48 bits per heavy atom. The fourth-order valence-corrected chi connectivity index (χ4v) is 3.80. The molecule has 4 rings (SSSR count). The van der Waals surface area contributed by atoms with Crippen molar-refractivity contribution in [1.29, 1.82) is 0 Å².